The van der Waals surface area contributed by atoms with Crippen molar-refractivity contribution in [1.82, 2.24) is 15.2 Å². The highest BCUT2D eigenvalue weighted by molar-refractivity contribution is 8.00. The Morgan fingerprint density at radius 3 is 2.96 bits per heavy atom. The van der Waals surface area contributed by atoms with Gasteiger partial charge in [0.05, 0.1) is 17.5 Å². The van der Waals surface area contributed by atoms with Crippen LogP contribution in [0.25, 0.3) is 0 Å². The van der Waals surface area contributed by atoms with Crippen molar-refractivity contribution >= 4 is 30.1 Å². The Balaban J connectivity index is 0.00000312. The maximum absolute atomic E-state index is 13.1. The first-order valence-corrected chi connectivity index (χ1v) is 10.3. The highest BCUT2D eigenvalue weighted by Gasteiger charge is 2.28. The lowest BCUT2D eigenvalue weighted by Gasteiger charge is -2.33. The fourth-order valence-electron chi connectivity index (χ4n) is 3.07. The van der Waals surface area contributed by atoms with Crippen LogP contribution in [-0.4, -0.2) is 45.9 Å². The quantitative estimate of drug-likeness (QED) is 0.689. The van der Waals surface area contributed by atoms with Crippen LogP contribution in [0.4, 0.5) is 0 Å². The molecule has 2 unspecified atom stereocenters. The van der Waals surface area contributed by atoms with Crippen molar-refractivity contribution in [3.8, 4) is 0 Å². The third-order valence-corrected chi connectivity index (χ3v) is 5.77. The third-order valence-electron chi connectivity index (χ3n) is 4.54. The van der Waals surface area contributed by atoms with E-state index in [1.165, 1.54) is 12.8 Å². The van der Waals surface area contributed by atoms with Crippen LogP contribution in [0.1, 0.15) is 51.6 Å². The van der Waals surface area contributed by atoms with Gasteiger partial charge in [-0.2, -0.15) is 0 Å². The third kappa shape index (κ3) is 7.55. The molecule has 142 valence electrons. The number of hydrogen-bond donors (Lipinski definition) is 1. The summed E-state index contributed by atoms with van der Waals surface area (Å²) in [6.07, 6.45) is 7.42. The van der Waals surface area contributed by atoms with Gasteiger partial charge in [-0.25, -0.2) is 0 Å². The molecule has 6 heteroatoms. The van der Waals surface area contributed by atoms with Gasteiger partial charge in [0.15, 0.2) is 0 Å². The van der Waals surface area contributed by atoms with E-state index in [-0.39, 0.29) is 23.6 Å². The Bertz CT molecular complexity index is 481. The van der Waals surface area contributed by atoms with Gasteiger partial charge in [0.1, 0.15) is 0 Å². The number of nitrogens with zero attached hydrogens (tertiary/aromatic N) is 2. The van der Waals surface area contributed by atoms with E-state index in [4.69, 9.17) is 0 Å². The fraction of sp³-hybridized carbons (Fsp3) is 0.684. The predicted octanol–water partition coefficient (Wildman–Crippen LogP) is 3.90. The van der Waals surface area contributed by atoms with Crippen LogP contribution >= 0.6 is 24.2 Å². The number of unbranched alkanes of at least 4 members (excludes halogenated alkanes) is 1. The standard InChI is InChI=1S/C19H31N3OS.ClH/c1-3-4-14-24-16(2)19(23)22(15-17-8-5-6-12-21-17)18-9-7-11-20-13-10-18;/h5-6,8,12,16,18,20H,3-4,7,9-11,13-15H2,1-2H3;1H. The van der Waals surface area contributed by atoms with E-state index < -0.39 is 0 Å². The van der Waals surface area contributed by atoms with Crippen LogP contribution < -0.4 is 5.32 Å². The average molecular weight is 386 g/mol. The lowest BCUT2D eigenvalue weighted by molar-refractivity contribution is -0.133. The molecule has 1 fully saturated rings. The first-order valence-electron chi connectivity index (χ1n) is 9.25. The largest absolute Gasteiger partial charge is 0.333 e. The van der Waals surface area contributed by atoms with E-state index in [0.29, 0.717) is 12.6 Å². The van der Waals surface area contributed by atoms with Crippen LogP contribution in [0.2, 0.25) is 0 Å². The summed E-state index contributed by atoms with van der Waals surface area (Å²) in [5.74, 6) is 1.33. The molecule has 0 saturated carbocycles. The van der Waals surface area contributed by atoms with E-state index in [9.17, 15) is 4.79 Å². The minimum absolute atomic E-state index is 0. The second kappa shape index (κ2) is 12.6. The van der Waals surface area contributed by atoms with E-state index in [2.05, 4.69) is 29.0 Å². The van der Waals surface area contributed by atoms with Gasteiger partial charge in [-0.15, -0.1) is 24.2 Å². The van der Waals surface area contributed by atoms with Gasteiger partial charge in [-0.1, -0.05) is 19.4 Å². The van der Waals surface area contributed by atoms with Crippen LogP contribution in [0.5, 0.6) is 0 Å². The minimum atomic E-state index is 0. The van der Waals surface area contributed by atoms with Gasteiger partial charge in [0, 0.05) is 12.2 Å². The normalized spacial score (nSPS) is 18.7. The number of pyridine rings is 1. The number of carbonyl (C=O) groups is 1. The van der Waals surface area contributed by atoms with E-state index in [1.807, 2.05) is 24.4 Å². The molecule has 2 heterocycles. The van der Waals surface area contributed by atoms with E-state index >= 15 is 0 Å². The molecule has 2 rings (SSSR count). The van der Waals surface area contributed by atoms with Gasteiger partial charge in [-0.3, -0.25) is 9.78 Å². The SMILES string of the molecule is CCCCSC(C)C(=O)N(Cc1ccccn1)C1CCCNCC1.Cl. The molecule has 0 aromatic carbocycles. The molecule has 1 N–H and O–H groups in total. The summed E-state index contributed by atoms with van der Waals surface area (Å²) in [6.45, 7) is 6.93. The van der Waals surface area contributed by atoms with Gasteiger partial charge in [0.2, 0.25) is 5.91 Å². The first kappa shape index (κ1) is 22.3. The lowest BCUT2D eigenvalue weighted by Crippen LogP contribution is -2.44. The monoisotopic (exact) mass is 385 g/mol. The predicted molar refractivity (Wildman–Crippen MR) is 109 cm³/mol. The molecule has 1 saturated heterocycles. The topological polar surface area (TPSA) is 45.2 Å². The van der Waals surface area contributed by atoms with Crippen molar-refractivity contribution in [2.45, 2.75) is 63.8 Å². The van der Waals surface area contributed by atoms with Crippen molar-refractivity contribution in [3.05, 3.63) is 30.1 Å². The Labute approximate surface area is 163 Å². The molecule has 1 amide bonds. The van der Waals surface area contributed by atoms with Crippen molar-refractivity contribution in [3.63, 3.8) is 0 Å². The van der Waals surface area contributed by atoms with E-state index in [1.54, 1.807) is 11.8 Å². The van der Waals surface area contributed by atoms with Crippen LogP contribution in [-0.2, 0) is 11.3 Å². The van der Waals surface area contributed by atoms with Crippen molar-refractivity contribution in [2.24, 2.45) is 0 Å². The zero-order valence-corrected chi connectivity index (χ0v) is 17.1. The van der Waals surface area contributed by atoms with Gasteiger partial charge < -0.3 is 10.2 Å². The fourth-order valence-corrected chi connectivity index (χ4v) is 4.16. The maximum Gasteiger partial charge on any atom is 0.236 e. The highest BCUT2D eigenvalue weighted by Crippen LogP contribution is 2.22. The molecule has 0 spiro atoms. The second-order valence-electron chi connectivity index (χ2n) is 6.49. The molecule has 0 aliphatic carbocycles. The number of nitrogens with one attached hydrogen (secondary N) is 1. The van der Waals surface area contributed by atoms with Crippen molar-refractivity contribution < 1.29 is 4.79 Å². The summed E-state index contributed by atoms with van der Waals surface area (Å²) in [6, 6.07) is 6.27. The number of aromatic nitrogens is 1. The van der Waals surface area contributed by atoms with Crippen molar-refractivity contribution in [2.75, 3.05) is 18.8 Å². The summed E-state index contributed by atoms with van der Waals surface area (Å²) >= 11 is 1.79. The summed E-state index contributed by atoms with van der Waals surface area (Å²) in [4.78, 5) is 19.6. The molecule has 0 radical (unpaired) electrons. The molecular formula is C19H32ClN3OS. The highest BCUT2D eigenvalue weighted by atomic mass is 35.5. The summed E-state index contributed by atoms with van der Waals surface area (Å²) in [5.41, 5.74) is 0.980. The molecule has 2 atom stereocenters. The van der Waals surface area contributed by atoms with Crippen molar-refractivity contribution in [1.29, 1.82) is 0 Å². The number of halogens is 1. The number of thioether (sulfide) groups is 1. The number of amides is 1. The zero-order valence-electron chi connectivity index (χ0n) is 15.4. The van der Waals surface area contributed by atoms with Crippen LogP contribution in [0, 0.1) is 0 Å². The van der Waals surface area contributed by atoms with E-state index in [0.717, 1.165) is 43.8 Å². The lowest BCUT2D eigenvalue weighted by atomic mass is 10.1. The summed E-state index contributed by atoms with van der Waals surface area (Å²) in [5, 5.41) is 3.47. The Morgan fingerprint density at radius 1 is 1.40 bits per heavy atom. The average Bonchev–Trinajstić information content (AvgIpc) is 2.89. The zero-order chi connectivity index (χ0) is 17.2. The maximum atomic E-state index is 13.1. The van der Waals surface area contributed by atoms with Crippen LogP contribution in [0.15, 0.2) is 24.4 Å². The number of hydrogen-bond acceptors (Lipinski definition) is 4. The Morgan fingerprint density at radius 2 is 2.24 bits per heavy atom. The summed E-state index contributed by atoms with van der Waals surface area (Å²) < 4.78 is 0. The smallest absolute Gasteiger partial charge is 0.236 e. The molecule has 1 aromatic heterocycles. The molecule has 4 nitrogen and oxygen atoms in total. The molecule has 1 aliphatic rings. The first-order chi connectivity index (χ1) is 11.7. The van der Waals surface area contributed by atoms with Crippen LogP contribution in [0.3, 0.4) is 0 Å². The minimum Gasteiger partial charge on any atom is -0.333 e. The second-order valence-corrected chi connectivity index (χ2v) is 7.94. The number of carbonyl (C=O) groups excluding carboxylic acids is 1. The van der Waals surface area contributed by atoms with Gasteiger partial charge >= 0.3 is 0 Å². The molecule has 1 aliphatic heterocycles. The molecular weight excluding hydrogens is 354 g/mol. The number of rotatable bonds is 8. The molecule has 25 heavy (non-hydrogen) atoms. The molecule has 1 aromatic rings. The Kier molecular flexibility index (Phi) is 11.2. The molecule has 0 bridgehead atoms. The van der Waals surface area contributed by atoms with Gasteiger partial charge in [0.25, 0.3) is 0 Å². The van der Waals surface area contributed by atoms with Gasteiger partial charge in [-0.05, 0) is 63.6 Å². The Hall–Kier alpha value is -0.780. The summed E-state index contributed by atoms with van der Waals surface area (Å²) in [7, 11) is 0.